The van der Waals surface area contributed by atoms with Crippen molar-refractivity contribution >= 4 is 27.7 Å². The van der Waals surface area contributed by atoms with Gasteiger partial charge >= 0.3 is 0 Å². The van der Waals surface area contributed by atoms with Crippen molar-refractivity contribution in [2.75, 3.05) is 39.4 Å². The summed E-state index contributed by atoms with van der Waals surface area (Å²) in [6.07, 6.45) is 3.35. The molecule has 0 aliphatic carbocycles. The summed E-state index contributed by atoms with van der Waals surface area (Å²) in [4.78, 5) is 38.4. The number of hydrogen-bond acceptors (Lipinski definition) is 6. The van der Waals surface area contributed by atoms with Gasteiger partial charge in [0.1, 0.15) is 0 Å². The van der Waals surface area contributed by atoms with Crippen molar-refractivity contribution in [3.05, 3.63) is 69.4 Å². The van der Waals surface area contributed by atoms with Crippen LogP contribution in [-0.4, -0.2) is 74.8 Å². The number of benzene rings is 1. The summed E-state index contributed by atoms with van der Waals surface area (Å²) in [5, 5.41) is 6.01. The lowest BCUT2D eigenvalue weighted by Gasteiger charge is -2.35. The van der Waals surface area contributed by atoms with Crippen molar-refractivity contribution in [2.24, 2.45) is 0 Å². The van der Waals surface area contributed by atoms with Crippen LogP contribution in [0, 0.1) is 13.8 Å². The number of ether oxygens (including phenoxy) is 1. The van der Waals surface area contributed by atoms with Crippen molar-refractivity contribution in [1.29, 1.82) is 0 Å². The number of H-pyrrole nitrogens is 1. The average Bonchev–Trinajstić information content (AvgIpc) is 3.35. The molecule has 2 saturated heterocycles. The highest BCUT2D eigenvalue weighted by Crippen LogP contribution is 2.30. The third kappa shape index (κ3) is 4.53. The molecule has 2 aliphatic heterocycles. The fourth-order valence-electron chi connectivity index (χ4n) is 5.63. The molecule has 6 rings (SSSR count). The van der Waals surface area contributed by atoms with Gasteiger partial charge in [-0.25, -0.2) is 0 Å². The maximum Gasteiger partial charge on any atom is 0.259 e. The second kappa shape index (κ2) is 9.72. The minimum absolute atomic E-state index is 0.0317. The lowest BCUT2D eigenvalue weighted by molar-refractivity contribution is 0.0626. The van der Waals surface area contributed by atoms with E-state index in [-0.39, 0.29) is 17.5 Å². The molecule has 0 saturated carbocycles. The Hall–Kier alpha value is -3.56. The molecule has 0 radical (unpaired) electrons. The quantitative estimate of drug-likeness (QED) is 0.462. The van der Waals surface area contributed by atoms with Crippen LogP contribution in [0.25, 0.3) is 21.8 Å². The molecular formula is C28H32N6O3. The number of pyridine rings is 2. The Morgan fingerprint density at radius 3 is 2.62 bits per heavy atom. The van der Waals surface area contributed by atoms with Gasteiger partial charge in [0.25, 0.3) is 11.5 Å². The van der Waals surface area contributed by atoms with Crippen LogP contribution in [0.4, 0.5) is 0 Å². The Balaban J connectivity index is 1.28. The van der Waals surface area contributed by atoms with Crippen LogP contribution in [0.2, 0.25) is 0 Å². The number of aryl methyl sites for hydroxylation is 2. The topological polar surface area (TPSA) is 96.4 Å². The summed E-state index contributed by atoms with van der Waals surface area (Å²) in [5.41, 5.74) is 4.99. The van der Waals surface area contributed by atoms with E-state index >= 15 is 0 Å². The monoisotopic (exact) mass is 500 g/mol. The Morgan fingerprint density at radius 1 is 1.08 bits per heavy atom. The van der Waals surface area contributed by atoms with Gasteiger partial charge < -0.3 is 14.6 Å². The number of carbonyl (C=O) groups is 1. The summed E-state index contributed by atoms with van der Waals surface area (Å²) >= 11 is 0. The van der Waals surface area contributed by atoms with Crippen LogP contribution in [0.3, 0.4) is 0 Å². The fraction of sp³-hybridized carbons (Fsp3) is 0.429. The average molecular weight is 501 g/mol. The molecule has 2 fully saturated rings. The van der Waals surface area contributed by atoms with Gasteiger partial charge in [-0.15, -0.1) is 0 Å². The first kappa shape index (κ1) is 23.8. The van der Waals surface area contributed by atoms with Gasteiger partial charge in [-0.2, -0.15) is 5.10 Å². The summed E-state index contributed by atoms with van der Waals surface area (Å²) < 4.78 is 7.50. The van der Waals surface area contributed by atoms with Crippen LogP contribution in [0.1, 0.15) is 46.2 Å². The molecule has 0 bridgehead atoms. The Kier molecular flexibility index (Phi) is 6.26. The molecule has 0 atom stereocenters. The molecule has 1 aromatic carbocycles. The first-order valence-corrected chi connectivity index (χ1v) is 13.0. The van der Waals surface area contributed by atoms with Gasteiger partial charge in [-0.05, 0) is 56.5 Å². The lowest BCUT2D eigenvalue weighted by Crippen LogP contribution is -2.48. The highest BCUT2D eigenvalue weighted by molar-refractivity contribution is 6.07. The summed E-state index contributed by atoms with van der Waals surface area (Å²) in [5.74, 6) is 0.0317. The molecule has 2 aliphatic rings. The largest absolute Gasteiger partial charge is 0.381 e. The number of rotatable bonds is 4. The van der Waals surface area contributed by atoms with E-state index in [2.05, 4.69) is 26.0 Å². The van der Waals surface area contributed by atoms with E-state index in [4.69, 9.17) is 4.74 Å². The molecule has 0 unspecified atom stereocenters. The van der Waals surface area contributed by atoms with E-state index in [1.807, 2.05) is 47.7 Å². The number of piperazine rings is 1. The molecule has 4 aromatic rings. The smallest absolute Gasteiger partial charge is 0.259 e. The SMILES string of the molecule is Cc1cccc(CN2CCN(C(=O)c3cc4c(cc3C)[nH]c(=O)c3cnn(C5CCOCC5)c34)CC2)n1. The highest BCUT2D eigenvalue weighted by atomic mass is 16.5. The molecule has 192 valence electrons. The third-order valence-corrected chi connectivity index (χ3v) is 7.67. The Morgan fingerprint density at radius 2 is 1.86 bits per heavy atom. The molecule has 9 nitrogen and oxygen atoms in total. The van der Waals surface area contributed by atoms with Crippen LogP contribution in [-0.2, 0) is 11.3 Å². The van der Waals surface area contributed by atoms with Gasteiger partial charge in [0.15, 0.2) is 0 Å². The standard InChI is InChI=1S/C28H32N6O3/c1-18-14-25-23(26-24(27(35)31-25)16-29-34(26)21-6-12-37-13-7-21)15-22(18)28(36)33-10-8-32(9-11-33)17-20-5-3-4-19(2)30-20/h3-5,14-16,21H,6-13,17H2,1-2H3,(H,31,35). The predicted octanol–water partition coefficient (Wildman–Crippen LogP) is 3.20. The number of hydrogen-bond donors (Lipinski definition) is 1. The Labute approximate surface area is 215 Å². The van der Waals surface area contributed by atoms with Gasteiger partial charge in [-0.1, -0.05) is 6.07 Å². The summed E-state index contributed by atoms with van der Waals surface area (Å²) in [7, 11) is 0. The highest BCUT2D eigenvalue weighted by Gasteiger charge is 2.26. The Bertz CT molecular complexity index is 1530. The molecule has 5 heterocycles. The molecular weight excluding hydrogens is 468 g/mol. The molecule has 9 heteroatoms. The number of aromatic amines is 1. The van der Waals surface area contributed by atoms with Crippen LogP contribution in [0.5, 0.6) is 0 Å². The number of fused-ring (bicyclic) bond motifs is 3. The molecule has 37 heavy (non-hydrogen) atoms. The number of nitrogens with one attached hydrogen (secondary N) is 1. The van der Waals surface area contributed by atoms with E-state index < -0.39 is 0 Å². The van der Waals surface area contributed by atoms with E-state index in [1.165, 1.54) is 0 Å². The number of amides is 1. The fourth-order valence-corrected chi connectivity index (χ4v) is 5.63. The normalized spacial score (nSPS) is 17.6. The minimum Gasteiger partial charge on any atom is -0.381 e. The molecule has 0 spiro atoms. The van der Waals surface area contributed by atoms with Crippen LogP contribution < -0.4 is 5.56 Å². The summed E-state index contributed by atoms with van der Waals surface area (Å²) in [6.45, 7) is 9.05. The molecule has 1 N–H and O–H groups in total. The zero-order valence-corrected chi connectivity index (χ0v) is 21.4. The van der Waals surface area contributed by atoms with Crippen molar-refractivity contribution in [3.63, 3.8) is 0 Å². The van der Waals surface area contributed by atoms with E-state index in [0.29, 0.717) is 37.3 Å². The summed E-state index contributed by atoms with van der Waals surface area (Å²) in [6, 6.07) is 10.1. The van der Waals surface area contributed by atoms with Gasteiger partial charge in [0.2, 0.25) is 0 Å². The van der Waals surface area contributed by atoms with Crippen molar-refractivity contribution < 1.29 is 9.53 Å². The maximum atomic E-state index is 13.7. The third-order valence-electron chi connectivity index (χ3n) is 7.67. The second-order valence-electron chi connectivity index (χ2n) is 10.2. The molecule has 1 amide bonds. The first-order valence-electron chi connectivity index (χ1n) is 13.0. The van der Waals surface area contributed by atoms with E-state index in [0.717, 1.165) is 65.8 Å². The predicted molar refractivity (Wildman–Crippen MR) is 142 cm³/mol. The van der Waals surface area contributed by atoms with Gasteiger partial charge in [0.05, 0.1) is 34.4 Å². The number of nitrogens with zero attached hydrogens (tertiary/aromatic N) is 5. The van der Waals surface area contributed by atoms with E-state index in [1.54, 1.807) is 6.20 Å². The molecule has 3 aromatic heterocycles. The first-order chi connectivity index (χ1) is 18.0. The minimum atomic E-state index is -0.154. The zero-order chi connectivity index (χ0) is 25.5. The lowest BCUT2D eigenvalue weighted by atomic mass is 10.0. The second-order valence-corrected chi connectivity index (χ2v) is 10.2. The van der Waals surface area contributed by atoms with Crippen LogP contribution >= 0.6 is 0 Å². The maximum absolute atomic E-state index is 13.7. The van der Waals surface area contributed by atoms with Crippen molar-refractivity contribution in [2.45, 2.75) is 39.3 Å². The van der Waals surface area contributed by atoms with Crippen LogP contribution in [0.15, 0.2) is 41.3 Å². The van der Waals surface area contributed by atoms with Gasteiger partial charge in [-0.3, -0.25) is 24.2 Å². The van der Waals surface area contributed by atoms with Crippen molar-refractivity contribution in [3.8, 4) is 0 Å². The van der Waals surface area contributed by atoms with E-state index in [9.17, 15) is 9.59 Å². The number of aromatic nitrogens is 4. The van der Waals surface area contributed by atoms with Crippen molar-refractivity contribution in [1.82, 2.24) is 29.5 Å². The van der Waals surface area contributed by atoms with Gasteiger partial charge in [0, 0.05) is 62.6 Å². The zero-order valence-electron chi connectivity index (χ0n) is 21.4. The number of carbonyl (C=O) groups excluding carboxylic acids is 1.